The van der Waals surface area contributed by atoms with Crippen molar-refractivity contribution < 1.29 is 31.8 Å². The number of H-pyrrole nitrogens is 1. The lowest BCUT2D eigenvalue weighted by molar-refractivity contribution is -0.162. The minimum atomic E-state index is -4.50. The van der Waals surface area contributed by atoms with Crippen molar-refractivity contribution in [2.75, 3.05) is 6.61 Å². The third-order valence-electron chi connectivity index (χ3n) is 6.56. The van der Waals surface area contributed by atoms with Gasteiger partial charge >= 0.3 is 6.18 Å². The van der Waals surface area contributed by atoms with Crippen molar-refractivity contribution in [2.24, 2.45) is 5.41 Å². The number of alkyl halides is 3. The molecule has 6 nitrogen and oxygen atoms in total. The second-order valence-corrected chi connectivity index (χ2v) is 9.72. The Labute approximate surface area is 202 Å². The van der Waals surface area contributed by atoms with E-state index in [4.69, 9.17) is 21.1 Å². The summed E-state index contributed by atoms with van der Waals surface area (Å²) in [6.45, 7) is -0.0146. The van der Waals surface area contributed by atoms with Gasteiger partial charge in [-0.15, -0.1) is 0 Å². The Hall–Kier alpha value is -3.14. The number of Topliss-reactive ketones (excluding diaryl/α,β-unsaturated/α-hetero) is 1. The van der Waals surface area contributed by atoms with Gasteiger partial charge in [-0.2, -0.15) is 13.2 Å². The highest BCUT2D eigenvalue weighted by Gasteiger charge is 2.69. The molecule has 0 atom stereocenters. The number of aromatic amines is 1. The molecular weight excluding hydrogens is 490 g/mol. The molecule has 6 rings (SSSR count). The molecule has 3 saturated carbocycles. The minimum Gasteiger partial charge on any atom is -0.486 e. The number of nitrogens with zero attached hydrogens (tertiary/aromatic N) is 2. The van der Waals surface area contributed by atoms with Gasteiger partial charge in [0.25, 0.3) is 0 Å². The number of benzene rings is 1. The fraction of sp³-hybridized carbons (Fsp3) is 0.375. The summed E-state index contributed by atoms with van der Waals surface area (Å²) < 4.78 is 62.2. The molecule has 0 unspecified atom stereocenters. The number of pyridine rings is 1. The van der Waals surface area contributed by atoms with Crippen LogP contribution in [0.4, 0.5) is 17.6 Å². The molecule has 35 heavy (non-hydrogen) atoms. The summed E-state index contributed by atoms with van der Waals surface area (Å²) in [7, 11) is 0. The Morgan fingerprint density at radius 3 is 2.46 bits per heavy atom. The molecule has 1 aromatic carbocycles. The van der Waals surface area contributed by atoms with Gasteiger partial charge in [-0.1, -0.05) is 11.6 Å². The van der Waals surface area contributed by atoms with Crippen LogP contribution in [0.3, 0.4) is 0 Å². The van der Waals surface area contributed by atoms with E-state index in [0.717, 1.165) is 43.4 Å². The molecule has 3 fully saturated rings. The van der Waals surface area contributed by atoms with E-state index in [1.807, 2.05) is 0 Å². The molecule has 2 heterocycles. The number of hydrogen-bond acceptors (Lipinski definition) is 5. The Kier molecular flexibility index (Phi) is 5.74. The van der Waals surface area contributed by atoms with Gasteiger partial charge in [-0.25, -0.2) is 14.4 Å². The van der Waals surface area contributed by atoms with Crippen LogP contribution >= 0.6 is 11.6 Å². The number of nitrogens with one attached hydrogen (secondary N) is 1. The molecular formula is C24H20ClF4N3O3. The minimum absolute atomic E-state index is 0.00733. The van der Waals surface area contributed by atoms with E-state index >= 15 is 0 Å². The number of halogens is 5. The van der Waals surface area contributed by atoms with E-state index in [1.165, 1.54) is 18.2 Å². The van der Waals surface area contributed by atoms with Crippen LogP contribution in [0.1, 0.15) is 42.9 Å². The molecule has 0 aliphatic heterocycles. The lowest BCUT2D eigenvalue weighted by atomic mass is 9.34. The number of aromatic nitrogens is 3. The monoisotopic (exact) mass is 509 g/mol. The van der Waals surface area contributed by atoms with Crippen molar-refractivity contribution in [1.82, 2.24) is 15.0 Å². The lowest BCUT2D eigenvalue weighted by Crippen LogP contribution is -2.65. The topological polar surface area (TPSA) is 77.1 Å². The van der Waals surface area contributed by atoms with Gasteiger partial charge in [0.2, 0.25) is 0 Å². The van der Waals surface area contributed by atoms with Gasteiger partial charge in [0.05, 0.1) is 23.1 Å². The molecule has 11 heteroatoms. The van der Waals surface area contributed by atoms with E-state index in [1.54, 1.807) is 6.20 Å². The van der Waals surface area contributed by atoms with E-state index in [2.05, 4.69) is 15.0 Å². The summed E-state index contributed by atoms with van der Waals surface area (Å²) in [5.41, 5.74) is -0.427. The van der Waals surface area contributed by atoms with E-state index in [9.17, 15) is 22.4 Å². The average molecular weight is 510 g/mol. The van der Waals surface area contributed by atoms with Crippen LogP contribution in [-0.2, 0) is 23.0 Å². The van der Waals surface area contributed by atoms with Crippen LogP contribution < -0.4 is 9.47 Å². The number of imidazole rings is 1. The van der Waals surface area contributed by atoms with Crippen LogP contribution in [0.25, 0.3) is 0 Å². The van der Waals surface area contributed by atoms with Crippen molar-refractivity contribution in [3.63, 3.8) is 0 Å². The van der Waals surface area contributed by atoms with Gasteiger partial charge in [0.15, 0.2) is 5.78 Å². The van der Waals surface area contributed by atoms with Crippen LogP contribution in [0.2, 0.25) is 5.02 Å². The fourth-order valence-corrected chi connectivity index (χ4v) is 5.25. The highest BCUT2D eigenvalue weighted by atomic mass is 35.5. The molecule has 3 aromatic rings. The van der Waals surface area contributed by atoms with Gasteiger partial charge in [-0.05, 0) is 48.9 Å². The average Bonchev–Trinajstić information content (AvgIpc) is 3.23. The zero-order valence-electron chi connectivity index (χ0n) is 18.3. The Balaban J connectivity index is 1.09. The maximum atomic E-state index is 13.5. The number of carbonyl (C=O) groups is 1. The van der Waals surface area contributed by atoms with E-state index in [0.29, 0.717) is 12.1 Å². The first-order chi connectivity index (χ1) is 16.6. The van der Waals surface area contributed by atoms with Crippen molar-refractivity contribution >= 4 is 17.4 Å². The van der Waals surface area contributed by atoms with Crippen molar-refractivity contribution in [3.05, 3.63) is 70.8 Å². The quantitative estimate of drug-likeness (QED) is 0.377. The second kappa shape index (κ2) is 8.51. The largest absolute Gasteiger partial charge is 0.486 e. The lowest BCUT2D eigenvalue weighted by Gasteiger charge is -2.69. The maximum Gasteiger partial charge on any atom is 0.433 e. The van der Waals surface area contributed by atoms with Gasteiger partial charge in [0.1, 0.15) is 42.0 Å². The molecule has 184 valence electrons. The zero-order chi connectivity index (χ0) is 24.8. The summed E-state index contributed by atoms with van der Waals surface area (Å²) in [6, 6.07) is 6.14. The van der Waals surface area contributed by atoms with Crippen LogP contribution in [-0.4, -0.2) is 27.3 Å². The molecule has 2 bridgehead atoms. The summed E-state index contributed by atoms with van der Waals surface area (Å²) in [6.07, 6.45) is 1.07. The smallest absolute Gasteiger partial charge is 0.433 e. The van der Waals surface area contributed by atoms with E-state index in [-0.39, 0.29) is 46.3 Å². The Bertz CT molecular complexity index is 1240. The molecule has 1 N–H and O–H groups in total. The van der Waals surface area contributed by atoms with Crippen molar-refractivity contribution in [1.29, 1.82) is 0 Å². The first-order valence-electron chi connectivity index (χ1n) is 10.9. The van der Waals surface area contributed by atoms with Crippen molar-refractivity contribution in [3.8, 4) is 11.5 Å². The summed E-state index contributed by atoms with van der Waals surface area (Å²) in [5, 5.41) is -0.00733. The molecule has 0 radical (unpaired) electrons. The molecule has 0 spiro atoms. The summed E-state index contributed by atoms with van der Waals surface area (Å²) in [4.78, 5) is 23.4. The SMILES string of the molecule is O=C(COc1ccc(Cl)c(F)c1)CC12CC(c3ncc(COc4ccc(C(F)(F)F)nc4)[nH]3)(C1)C2. The van der Waals surface area contributed by atoms with Crippen molar-refractivity contribution in [2.45, 2.75) is 43.9 Å². The zero-order valence-corrected chi connectivity index (χ0v) is 19.0. The van der Waals surface area contributed by atoms with E-state index < -0.39 is 17.7 Å². The van der Waals surface area contributed by atoms with Crippen LogP contribution in [0.5, 0.6) is 11.5 Å². The number of hydrogen-bond donors (Lipinski definition) is 1. The third kappa shape index (κ3) is 4.71. The number of carbonyl (C=O) groups excluding carboxylic acids is 1. The Morgan fingerprint density at radius 1 is 1.06 bits per heavy atom. The van der Waals surface area contributed by atoms with Gasteiger partial charge in [0, 0.05) is 17.9 Å². The summed E-state index contributed by atoms with van der Waals surface area (Å²) >= 11 is 5.64. The fourth-order valence-electron chi connectivity index (χ4n) is 5.13. The number of ether oxygens (including phenoxy) is 2. The first kappa shape index (κ1) is 23.6. The van der Waals surface area contributed by atoms with Crippen LogP contribution in [0.15, 0.2) is 42.7 Å². The predicted molar refractivity (Wildman–Crippen MR) is 117 cm³/mol. The van der Waals surface area contributed by atoms with Gasteiger partial charge < -0.3 is 14.5 Å². The standard InChI is InChI=1S/C24H20ClF4N3O3/c25-18-3-1-16(5-19(18)26)35-10-15(33)6-22-11-23(12-22,13-22)21-31-7-14(32-21)9-34-17-2-4-20(30-8-17)24(27,28)29/h1-5,7-8H,6,9-13H2,(H,31,32). The van der Waals surface area contributed by atoms with Crippen LogP contribution in [0, 0.1) is 11.2 Å². The molecule has 2 aromatic heterocycles. The predicted octanol–water partition coefficient (Wildman–Crippen LogP) is 5.65. The highest BCUT2D eigenvalue weighted by Crippen LogP contribution is 2.74. The maximum absolute atomic E-state index is 13.5. The third-order valence-corrected chi connectivity index (χ3v) is 6.86. The first-order valence-corrected chi connectivity index (χ1v) is 11.2. The second-order valence-electron chi connectivity index (χ2n) is 9.31. The van der Waals surface area contributed by atoms with Gasteiger partial charge in [-0.3, -0.25) is 4.79 Å². The molecule has 0 amide bonds. The normalized spacial score (nSPS) is 22.8. The number of ketones is 1. The Morgan fingerprint density at radius 2 is 1.80 bits per heavy atom. The molecule has 3 aliphatic carbocycles. The molecule has 0 saturated heterocycles. The molecule has 3 aliphatic rings. The summed E-state index contributed by atoms with van der Waals surface area (Å²) in [5.74, 6) is 0.654. The number of rotatable bonds is 9. The highest BCUT2D eigenvalue weighted by molar-refractivity contribution is 6.30.